The lowest BCUT2D eigenvalue weighted by Crippen LogP contribution is -2.40. The summed E-state index contributed by atoms with van der Waals surface area (Å²) >= 11 is 0. The maximum absolute atomic E-state index is 14.3. The van der Waals surface area contributed by atoms with E-state index in [-0.39, 0.29) is 30.0 Å². The SMILES string of the molecule is CN(O)C(=O)c1cc2c(CN3CCC4C(=O)NC[C@@H]4C3)cn(Cc3ccc(F)cc3F)c2cn1. The molecule has 2 saturated heterocycles. The van der Waals surface area contributed by atoms with Crippen LogP contribution in [0.3, 0.4) is 0 Å². The van der Waals surface area contributed by atoms with E-state index in [4.69, 9.17) is 0 Å². The summed E-state index contributed by atoms with van der Waals surface area (Å²) in [5.74, 6) is -1.45. The molecule has 1 unspecified atom stereocenters. The molecule has 34 heavy (non-hydrogen) atoms. The quantitative estimate of drug-likeness (QED) is 0.442. The van der Waals surface area contributed by atoms with Crippen molar-refractivity contribution in [3.8, 4) is 0 Å². The number of benzene rings is 1. The minimum Gasteiger partial charge on any atom is -0.355 e. The Morgan fingerprint density at radius 2 is 2.09 bits per heavy atom. The third-order valence-electron chi connectivity index (χ3n) is 6.81. The van der Waals surface area contributed by atoms with Crippen LogP contribution in [0, 0.1) is 23.5 Å². The second-order valence-corrected chi connectivity index (χ2v) is 9.07. The average molecular weight is 469 g/mol. The minimum absolute atomic E-state index is 0.0626. The zero-order valence-corrected chi connectivity index (χ0v) is 18.7. The van der Waals surface area contributed by atoms with E-state index in [1.165, 1.54) is 25.4 Å². The van der Waals surface area contributed by atoms with Gasteiger partial charge in [0.05, 0.1) is 18.3 Å². The number of nitrogens with one attached hydrogen (secondary N) is 1. The molecule has 0 radical (unpaired) electrons. The van der Waals surface area contributed by atoms with E-state index in [2.05, 4.69) is 15.2 Å². The van der Waals surface area contributed by atoms with Crippen molar-refractivity contribution in [1.29, 1.82) is 0 Å². The van der Waals surface area contributed by atoms with Gasteiger partial charge in [-0.05, 0) is 30.7 Å². The Labute approximate surface area is 194 Å². The lowest BCUT2D eigenvalue weighted by molar-refractivity contribution is -0.124. The van der Waals surface area contributed by atoms with Crippen molar-refractivity contribution < 1.29 is 23.6 Å². The van der Waals surface area contributed by atoms with Gasteiger partial charge in [0.1, 0.15) is 17.3 Å². The molecule has 2 amide bonds. The number of likely N-dealkylation sites (tertiary alicyclic amines) is 1. The number of hydrogen-bond donors (Lipinski definition) is 2. The van der Waals surface area contributed by atoms with Gasteiger partial charge in [-0.2, -0.15) is 0 Å². The summed E-state index contributed by atoms with van der Waals surface area (Å²) in [6.07, 6.45) is 4.22. The molecule has 3 aromatic rings. The van der Waals surface area contributed by atoms with Crippen LogP contribution in [-0.4, -0.2) is 63.2 Å². The highest BCUT2D eigenvalue weighted by Crippen LogP contribution is 2.30. The molecular formula is C24H25F2N5O3. The van der Waals surface area contributed by atoms with Crippen molar-refractivity contribution in [2.75, 3.05) is 26.7 Å². The Bertz CT molecular complexity index is 1270. The molecule has 2 aliphatic rings. The van der Waals surface area contributed by atoms with Crippen molar-refractivity contribution in [1.82, 2.24) is 24.8 Å². The van der Waals surface area contributed by atoms with Crippen molar-refractivity contribution in [2.45, 2.75) is 19.5 Å². The summed E-state index contributed by atoms with van der Waals surface area (Å²) in [6, 6.07) is 5.12. The molecule has 1 aromatic carbocycles. The van der Waals surface area contributed by atoms with E-state index in [1.807, 2.05) is 10.8 Å². The summed E-state index contributed by atoms with van der Waals surface area (Å²) in [4.78, 5) is 30.7. The zero-order valence-electron chi connectivity index (χ0n) is 18.7. The third kappa shape index (κ3) is 4.14. The normalized spacial score (nSPS) is 20.4. The van der Waals surface area contributed by atoms with Gasteiger partial charge in [-0.25, -0.2) is 18.8 Å². The van der Waals surface area contributed by atoms with Crippen LogP contribution >= 0.6 is 0 Å². The topological polar surface area (TPSA) is 90.7 Å². The van der Waals surface area contributed by atoms with E-state index >= 15 is 0 Å². The first-order chi connectivity index (χ1) is 16.3. The zero-order chi connectivity index (χ0) is 24.0. The molecule has 0 bridgehead atoms. The monoisotopic (exact) mass is 469 g/mol. The second kappa shape index (κ2) is 8.77. The molecule has 0 saturated carbocycles. The average Bonchev–Trinajstić information content (AvgIpc) is 3.34. The Kier molecular flexibility index (Phi) is 5.78. The van der Waals surface area contributed by atoms with Gasteiger partial charge in [-0.3, -0.25) is 19.7 Å². The van der Waals surface area contributed by atoms with Gasteiger partial charge in [0, 0.05) is 61.7 Å². The predicted octanol–water partition coefficient (Wildman–Crippen LogP) is 2.39. The van der Waals surface area contributed by atoms with Gasteiger partial charge in [0.15, 0.2) is 0 Å². The van der Waals surface area contributed by atoms with Crippen LogP contribution in [0.5, 0.6) is 0 Å². The fraction of sp³-hybridized carbons (Fsp3) is 0.375. The van der Waals surface area contributed by atoms with E-state index < -0.39 is 17.5 Å². The first-order valence-electron chi connectivity index (χ1n) is 11.2. The molecule has 5 rings (SSSR count). The maximum atomic E-state index is 14.3. The number of hydrogen-bond acceptors (Lipinski definition) is 5. The fourth-order valence-electron chi connectivity index (χ4n) is 5.04. The van der Waals surface area contributed by atoms with Crippen LogP contribution in [0.1, 0.15) is 28.0 Å². The Morgan fingerprint density at radius 3 is 2.85 bits per heavy atom. The van der Waals surface area contributed by atoms with Crippen LogP contribution in [0.15, 0.2) is 36.7 Å². The summed E-state index contributed by atoms with van der Waals surface area (Å²) in [5.41, 5.74) is 2.04. The summed E-state index contributed by atoms with van der Waals surface area (Å²) < 4.78 is 29.5. The largest absolute Gasteiger partial charge is 0.355 e. The summed E-state index contributed by atoms with van der Waals surface area (Å²) in [7, 11) is 1.23. The lowest BCUT2D eigenvalue weighted by Gasteiger charge is -2.33. The molecule has 2 fully saturated rings. The minimum atomic E-state index is -0.638. The van der Waals surface area contributed by atoms with Crippen LogP contribution in [0.4, 0.5) is 8.78 Å². The molecule has 2 aromatic heterocycles. The Balaban J connectivity index is 1.49. The number of rotatable bonds is 5. The van der Waals surface area contributed by atoms with E-state index in [0.29, 0.717) is 29.2 Å². The first-order valence-corrected chi connectivity index (χ1v) is 11.2. The number of hydroxylamine groups is 2. The Hall–Kier alpha value is -3.37. The van der Waals surface area contributed by atoms with Crippen molar-refractivity contribution in [3.05, 3.63) is 65.1 Å². The molecule has 2 atom stereocenters. The highest BCUT2D eigenvalue weighted by atomic mass is 19.1. The number of aromatic nitrogens is 2. The molecular weight excluding hydrogens is 444 g/mol. The van der Waals surface area contributed by atoms with E-state index in [0.717, 1.165) is 36.5 Å². The van der Waals surface area contributed by atoms with Crippen molar-refractivity contribution in [3.63, 3.8) is 0 Å². The first kappa shape index (κ1) is 22.4. The van der Waals surface area contributed by atoms with Gasteiger partial charge < -0.3 is 9.88 Å². The van der Waals surface area contributed by atoms with Gasteiger partial charge >= 0.3 is 0 Å². The fourth-order valence-corrected chi connectivity index (χ4v) is 5.04. The van der Waals surface area contributed by atoms with Crippen LogP contribution in [0.2, 0.25) is 0 Å². The lowest BCUT2D eigenvalue weighted by atomic mass is 9.88. The van der Waals surface area contributed by atoms with Crippen LogP contribution in [-0.2, 0) is 17.9 Å². The van der Waals surface area contributed by atoms with Gasteiger partial charge in [-0.1, -0.05) is 6.07 Å². The number of halogens is 2. The molecule has 4 heterocycles. The van der Waals surface area contributed by atoms with Crippen LogP contribution in [0.25, 0.3) is 10.9 Å². The number of carbonyl (C=O) groups excluding carboxylic acids is 2. The molecule has 8 nitrogen and oxygen atoms in total. The number of amides is 2. The Morgan fingerprint density at radius 1 is 1.26 bits per heavy atom. The van der Waals surface area contributed by atoms with Crippen molar-refractivity contribution in [2.24, 2.45) is 11.8 Å². The van der Waals surface area contributed by atoms with Gasteiger partial charge in [0.2, 0.25) is 5.91 Å². The smallest absolute Gasteiger partial charge is 0.295 e. The molecule has 2 N–H and O–H groups in total. The molecule has 178 valence electrons. The number of fused-ring (bicyclic) bond motifs is 2. The van der Waals surface area contributed by atoms with Gasteiger partial charge in [-0.15, -0.1) is 0 Å². The molecule has 2 aliphatic heterocycles. The second-order valence-electron chi connectivity index (χ2n) is 9.07. The standard InChI is InChI=1S/C24H25F2N5O3/c1-29(34)24(33)21-7-19-16(11-30-5-4-18-15(10-30)8-28-23(18)32)13-31(22(19)9-27-21)12-14-2-3-17(25)6-20(14)26/h2-3,6-7,9,13,15,18,34H,4-5,8,10-12H2,1H3,(H,28,32)/t15-,18?/m1/s1. The van der Waals surface area contributed by atoms with E-state index in [9.17, 15) is 23.6 Å². The molecule has 0 aliphatic carbocycles. The van der Waals surface area contributed by atoms with Crippen LogP contribution < -0.4 is 5.32 Å². The third-order valence-corrected chi connectivity index (χ3v) is 6.81. The summed E-state index contributed by atoms with van der Waals surface area (Å²) in [5, 5.41) is 13.8. The number of piperidine rings is 1. The number of carbonyl (C=O) groups is 2. The summed E-state index contributed by atoms with van der Waals surface area (Å²) in [6.45, 7) is 2.97. The van der Waals surface area contributed by atoms with E-state index in [1.54, 1.807) is 6.07 Å². The molecule has 10 heteroatoms. The predicted molar refractivity (Wildman–Crippen MR) is 119 cm³/mol. The highest BCUT2D eigenvalue weighted by Gasteiger charge is 2.38. The van der Waals surface area contributed by atoms with Crippen molar-refractivity contribution >= 4 is 22.7 Å². The highest BCUT2D eigenvalue weighted by molar-refractivity contribution is 5.96. The van der Waals surface area contributed by atoms with Gasteiger partial charge in [0.25, 0.3) is 5.91 Å². The number of nitrogens with zero attached hydrogens (tertiary/aromatic N) is 4. The number of pyridine rings is 1. The maximum Gasteiger partial charge on any atom is 0.295 e. The molecule has 0 spiro atoms.